The standard InChI is InChI=1S/C12H16Cl2N2/c1-2-8-5-11(8)16-6-7-3-9(13)12(15)10(14)4-7/h3-4,8,11,16H,2,5-6,15H2,1H3. The number of rotatable bonds is 4. The van der Waals surface area contributed by atoms with E-state index in [4.69, 9.17) is 28.9 Å². The molecule has 0 radical (unpaired) electrons. The lowest BCUT2D eigenvalue weighted by Gasteiger charge is -2.07. The summed E-state index contributed by atoms with van der Waals surface area (Å²) in [6, 6.07) is 4.41. The van der Waals surface area contributed by atoms with Crippen LogP contribution < -0.4 is 11.1 Å². The highest BCUT2D eigenvalue weighted by atomic mass is 35.5. The smallest absolute Gasteiger partial charge is 0.0693 e. The van der Waals surface area contributed by atoms with Crippen LogP contribution in [0.3, 0.4) is 0 Å². The Morgan fingerprint density at radius 3 is 2.50 bits per heavy atom. The fourth-order valence-corrected chi connectivity index (χ4v) is 2.47. The van der Waals surface area contributed by atoms with Crippen LogP contribution >= 0.6 is 23.2 Å². The van der Waals surface area contributed by atoms with E-state index in [2.05, 4.69) is 12.2 Å². The zero-order valence-electron chi connectivity index (χ0n) is 9.26. The van der Waals surface area contributed by atoms with Crippen LogP contribution in [-0.2, 0) is 6.54 Å². The molecule has 0 bridgehead atoms. The fraction of sp³-hybridized carbons (Fsp3) is 0.500. The molecule has 88 valence electrons. The number of anilines is 1. The average Bonchev–Trinajstić information content (AvgIpc) is 3.01. The van der Waals surface area contributed by atoms with E-state index in [9.17, 15) is 0 Å². The van der Waals surface area contributed by atoms with Gasteiger partial charge in [-0.1, -0.05) is 36.5 Å². The van der Waals surface area contributed by atoms with Crippen molar-refractivity contribution in [3.05, 3.63) is 27.7 Å². The van der Waals surface area contributed by atoms with Crippen LogP contribution in [0.2, 0.25) is 10.0 Å². The Balaban J connectivity index is 1.95. The zero-order valence-corrected chi connectivity index (χ0v) is 10.8. The first kappa shape index (κ1) is 12.0. The topological polar surface area (TPSA) is 38.0 Å². The van der Waals surface area contributed by atoms with Gasteiger partial charge in [-0.25, -0.2) is 0 Å². The van der Waals surface area contributed by atoms with Gasteiger partial charge in [-0.2, -0.15) is 0 Å². The van der Waals surface area contributed by atoms with E-state index in [1.165, 1.54) is 12.8 Å². The van der Waals surface area contributed by atoms with Crippen molar-refractivity contribution < 1.29 is 0 Å². The molecule has 2 unspecified atom stereocenters. The second-order valence-corrected chi connectivity index (χ2v) is 5.18. The molecule has 2 rings (SSSR count). The molecule has 1 aliphatic rings. The molecule has 3 N–H and O–H groups in total. The third-order valence-electron chi connectivity index (χ3n) is 3.15. The molecular weight excluding hydrogens is 243 g/mol. The molecule has 2 atom stereocenters. The van der Waals surface area contributed by atoms with Crippen molar-refractivity contribution in [2.45, 2.75) is 32.4 Å². The van der Waals surface area contributed by atoms with E-state index in [0.717, 1.165) is 18.0 Å². The number of nitrogen functional groups attached to an aromatic ring is 1. The summed E-state index contributed by atoms with van der Waals surface area (Å²) in [6.07, 6.45) is 2.54. The predicted molar refractivity (Wildman–Crippen MR) is 69.9 cm³/mol. The van der Waals surface area contributed by atoms with Crippen molar-refractivity contribution in [2.75, 3.05) is 5.73 Å². The van der Waals surface area contributed by atoms with Crippen molar-refractivity contribution >= 4 is 28.9 Å². The Hall–Kier alpha value is -0.440. The van der Waals surface area contributed by atoms with Crippen LogP contribution in [0, 0.1) is 5.92 Å². The lowest BCUT2D eigenvalue weighted by atomic mass is 10.2. The lowest BCUT2D eigenvalue weighted by molar-refractivity contribution is 0.623. The minimum absolute atomic E-state index is 0.463. The maximum atomic E-state index is 5.97. The summed E-state index contributed by atoms with van der Waals surface area (Å²) >= 11 is 11.9. The average molecular weight is 259 g/mol. The number of benzene rings is 1. The van der Waals surface area contributed by atoms with Gasteiger partial charge in [-0.15, -0.1) is 0 Å². The minimum Gasteiger partial charge on any atom is -0.396 e. The predicted octanol–water partition coefficient (Wildman–Crippen LogP) is 3.46. The van der Waals surface area contributed by atoms with Crippen molar-refractivity contribution in [3.8, 4) is 0 Å². The van der Waals surface area contributed by atoms with E-state index in [0.29, 0.717) is 21.8 Å². The van der Waals surface area contributed by atoms with Crippen molar-refractivity contribution in [3.63, 3.8) is 0 Å². The first-order valence-corrected chi connectivity index (χ1v) is 6.34. The van der Waals surface area contributed by atoms with E-state index < -0.39 is 0 Å². The van der Waals surface area contributed by atoms with Crippen molar-refractivity contribution in [1.29, 1.82) is 0 Å². The van der Waals surface area contributed by atoms with Crippen molar-refractivity contribution in [2.24, 2.45) is 5.92 Å². The van der Waals surface area contributed by atoms with Crippen molar-refractivity contribution in [1.82, 2.24) is 5.32 Å². The number of halogens is 2. The molecule has 16 heavy (non-hydrogen) atoms. The number of hydrogen-bond acceptors (Lipinski definition) is 2. The summed E-state index contributed by atoms with van der Waals surface area (Å²) in [7, 11) is 0. The molecule has 1 saturated carbocycles. The van der Waals surface area contributed by atoms with Gasteiger partial charge in [0.25, 0.3) is 0 Å². The molecule has 0 amide bonds. The van der Waals surface area contributed by atoms with Crippen LogP contribution in [0.25, 0.3) is 0 Å². The van der Waals surface area contributed by atoms with Crippen LogP contribution in [0.15, 0.2) is 12.1 Å². The molecule has 4 heteroatoms. The van der Waals surface area contributed by atoms with Gasteiger partial charge in [0.1, 0.15) is 0 Å². The maximum Gasteiger partial charge on any atom is 0.0693 e. The van der Waals surface area contributed by atoms with Gasteiger partial charge in [-0.3, -0.25) is 0 Å². The molecule has 2 nitrogen and oxygen atoms in total. The van der Waals surface area contributed by atoms with Crippen LogP contribution in [-0.4, -0.2) is 6.04 Å². The molecule has 0 heterocycles. The van der Waals surface area contributed by atoms with Gasteiger partial charge in [0.05, 0.1) is 15.7 Å². The zero-order chi connectivity index (χ0) is 11.7. The summed E-state index contributed by atoms with van der Waals surface area (Å²) < 4.78 is 0. The molecule has 1 aromatic rings. The number of hydrogen-bond donors (Lipinski definition) is 2. The Morgan fingerprint density at radius 1 is 1.38 bits per heavy atom. The van der Waals surface area contributed by atoms with Gasteiger partial charge in [0, 0.05) is 12.6 Å². The Bertz CT molecular complexity index is 370. The van der Waals surface area contributed by atoms with Crippen LogP contribution in [0.5, 0.6) is 0 Å². The highest BCUT2D eigenvalue weighted by Gasteiger charge is 2.34. The molecule has 1 aliphatic carbocycles. The highest BCUT2D eigenvalue weighted by molar-refractivity contribution is 6.38. The molecule has 0 aliphatic heterocycles. The van der Waals surface area contributed by atoms with Gasteiger partial charge >= 0.3 is 0 Å². The molecular formula is C12H16Cl2N2. The summed E-state index contributed by atoms with van der Waals surface area (Å²) in [6.45, 7) is 3.03. The van der Waals surface area contributed by atoms with Crippen LogP contribution in [0.1, 0.15) is 25.3 Å². The van der Waals surface area contributed by atoms with E-state index >= 15 is 0 Å². The third kappa shape index (κ3) is 2.62. The monoisotopic (exact) mass is 258 g/mol. The van der Waals surface area contributed by atoms with Gasteiger partial charge in [0.2, 0.25) is 0 Å². The number of nitrogens with two attached hydrogens (primary N) is 1. The van der Waals surface area contributed by atoms with E-state index in [1.807, 2.05) is 12.1 Å². The lowest BCUT2D eigenvalue weighted by Crippen LogP contribution is -2.17. The molecule has 1 aromatic carbocycles. The van der Waals surface area contributed by atoms with E-state index in [-0.39, 0.29) is 0 Å². The molecule has 1 fully saturated rings. The first-order valence-electron chi connectivity index (χ1n) is 5.58. The van der Waals surface area contributed by atoms with Crippen LogP contribution in [0.4, 0.5) is 5.69 Å². The normalized spacial score (nSPS) is 23.4. The Kier molecular flexibility index (Phi) is 3.63. The van der Waals surface area contributed by atoms with Gasteiger partial charge < -0.3 is 11.1 Å². The van der Waals surface area contributed by atoms with Gasteiger partial charge in [0.15, 0.2) is 0 Å². The summed E-state index contributed by atoms with van der Waals surface area (Å²) in [5.41, 5.74) is 7.23. The highest BCUT2D eigenvalue weighted by Crippen LogP contribution is 2.34. The van der Waals surface area contributed by atoms with Gasteiger partial charge in [-0.05, 0) is 30.0 Å². The number of nitrogens with one attached hydrogen (secondary N) is 1. The SMILES string of the molecule is CCC1CC1NCc1cc(Cl)c(N)c(Cl)c1. The second-order valence-electron chi connectivity index (χ2n) is 4.36. The molecule has 0 spiro atoms. The quantitative estimate of drug-likeness (QED) is 0.812. The summed E-state index contributed by atoms with van der Waals surface area (Å²) in [4.78, 5) is 0. The molecule has 0 aromatic heterocycles. The fourth-order valence-electron chi connectivity index (χ4n) is 1.94. The second kappa shape index (κ2) is 4.82. The Labute approximate surface area is 106 Å². The first-order chi connectivity index (χ1) is 7.61. The summed E-state index contributed by atoms with van der Waals surface area (Å²) in [5, 5.41) is 4.56. The minimum atomic E-state index is 0.463. The Morgan fingerprint density at radius 2 is 2.00 bits per heavy atom. The summed E-state index contributed by atoms with van der Waals surface area (Å²) in [5.74, 6) is 0.847. The largest absolute Gasteiger partial charge is 0.396 e. The molecule has 0 saturated heterocycles. The third-order valence-corrected chi connectivity index (χ3v) is 3.78. The maximum absolute atomic E-state index is 5.97. The van der Waals surface area contributed by atoms with E-state index in [1.54, 1.807) is 0 Å².